The number of rotatable bonds is 3. The Morgan fingerprint density at radius 3 is 2.33 bits per heavy atom. The minimum absolute atomic E-state index is 0.320. The van der Waals surface area contributed by atoms with E-state index in [0.717, 1.165) is 24.2 Å². The first-order valence-electron chi connectivity index (χ1n) is 5.34. The molecule has 1 aliphatic rings. The van der Waals surface area contributed by atoms with Crippen LogP contribution in [-0.4, -0.2) is 12.8 Å². The van der Waals surface area contributed by atoms with E-state index >= 15 is 0 Å². The van der Waals surface area contributed by atoms with Gasteiger partial charge in [0.1, 0.15) is 11.4 Å². The lowest BCUT2D eigenvalue weighted by molar-refractivity contribution is 0.154. The summed E-state index contributed by atoms with van der Waals surface area (Å²) in [5.41, 5.74) is -0.485. The van der Waals surface area contributed by atoms with Gasteiger partial charge < -0.3 is 4.74 Å². The largest absolute Gasteiger partial charge is 0.496 e. The summed E-state index contributed by atoms with van der Waals surface area (Å²) in [7, 11) is 1.64. The Labute approximate surface area is 90.3 Å². The van der Waals surface area contributed by atoms with Gasteiger partial charge in [-0.15, -0.1) is 0 Å². The number of alkyl halides is 1. The highest BCUT2D eigenvalue weighted by atomic mass is 19.1. The summed E-state index contributed by atoms with van der Waals surface area (Å²) in [5.74, 6) is 0.806. The zero-order valence-corrected chi connectivity index (χ0v) is 9.51. The summed E-state index contributed by atoms with van der Waals surface area (Å²) in [6.07, 6.45) is 1.83. The monoisotopic (exact) mass is 208 g/mol. The molecule has 0 aromatic heterocycles. The Hall–Kier alpha value is -1.05. The molecule has 1 fully saturated rings. The second kappa shape index (κ2) is 3.22. The topological polar surface area (TPSA) is 9.23 Å². The van der Waals surface area contributed by atoms with Gasteiger partial charge in [-0.2, -0.15) is 0 Å². The van der Waals surface area contributed by atoms with Crippen LogP contribution in [0.2, 0.25) is 0 Å². The highest BCUT2D eigenvalue weighted by Crippen LogP contribution is 2.59. The predicted molar refractivity (Wildman–Crippen MR) is 59.1 cm³/mol. The molecule has 1 saturated carbocycles. The highest BCUT2D eigenvalue weighted by molar-refractivity contribution is 5.45. The highest BCUT2D eigenvalue weighted by Gasteiger charge is 2.57. The third kappa shape index (κ3) is 1.52. The summed E-state index contributed by atoms with van der Waals surface area (Å²) in [4.78, 5) is 0. The van der Waals surface area contributed by atoms with Crippen LogP contribution in [-0.2, 0) is 5.41 Å². The molecule has 0 N–H and O–H groups in total. The molecule has 2 rings (SSSR count). The second-order valence-electron chi connectivity index (χ2n) is 4.75. The van der Waals surface area contributed by atoms with Crippen LogP contribution < -0.4 is 4.74 Å². The average Bonchev–Trinajstić information content (AvgIpc) is 2.97. The molecule has 1 aromatic rings. The molecule has 0 saturated heterocycles. The lowest BCUT2D eigenvalue weighted by Gasteiger charge is -2.28. The van der Waals surface area contributed by atoms with Crippen LogP contribution in [0.4, 0.5) is 4.39 Å². The van der Waals surface area contributed by atoms with Gasteiger partial charge in [0.05, 0.1) is 7.11 Å². The summed E-state index contributed by atoms with van der Waals surface area (Å²) in [5, 5.41) is 0. The Bertz CT molecular complexity index is 361. The van der Waals surface area contributed by atoms with Crippen molar-refractivity contribution in [2.24, 2.45) is 0 Å². The maximum Gasteiger partial charge on any atom is 0.122 e. The first-order chi connectivity index (χ1) is 7.01. The van der Waals surface area contributed by atoms with Gasteiger partial charge in [-0.05, 0) is 32.8 Å². The Morgan fingerprint density at radius 2 is 1.87 bits per heavy atom. The molecule has 0 unspecified atom stereocenters. The van der Waals surface area contributed by atoms with E-state index in [1.807, 2.05) is 24.3 Å². The predicted octanol–water partition coefficient (Wildman–Crippen LogP) is 3.47. The van der Waals surface area contributed by atoms with E-state index in [9.17, 15) is 4.39 Å². The van der Waals surface area contributed by atoms with Gasteiger partial charge >= 0.3 is 0 Å². The minimum Gasteiger partial charge on any atom is -0.496 e. The minimum atomic E-state index is -1.18. The molecule has 0 spiro atoms. The molecule has 0 amide bonds. The summed E-state index contributed by atoms with van der Waals surface area (Å²) >= 11 is 0. The molecular formula is C13H17FO. The van der Waals surface area contributed by atoms with E-state index in [1.54, 1.807) is 21.0 Å². The quantitative estimate of drug-likeness (QED) is 0.739. The van der Waals surface area contributed by atoms with Crippen molar-refractivity contribution < 1.29 is 9.13 Å². The van der Waals surface area contributed by atoms with Crippen molar-refractivity contribution >= 4 is 0 Å². The van der Waals surface area contributed by atoms with Crippen LogP contribution in [0.15, 0.2) is 24.3 Å². The normalized spacial score (nSPS) is 18.7. The van der Waals surface area contributed by atoms with Crippen molar-refractivity contribution in [2.45, 2.75) is 37.8 Å². The number of ether oxygens (including phenoxy) is 1. The first kappa shape index (κ1) is 10.5. The van der Waals surface area contributed by atoms with Crippen molar-refractivity contribution in [1.82, 2.24) is 0 Å². The molecule has 0 heterocycles. The van der Waals surface area contributed by atoms with E-state index in [-0.39, 0.29) is 5.41 Å². The molecule has 0 aliphatic heterocycles. The van der Waals surface area contributed by atoms with E-state index in [1.165, 1.54) is 0 Å². The smallest absolute Gasteiger partial charge is 0.122 e. The lowest BCUT2D eigenvalue weighted by atomic mass is 9.82. The molecular weight excluding hydrogens is 191 g/mol. The van der Waals surface area contributed by atoms with Crippen LogP contribution in [0.3, 0.4) is 0 Å². The van der Waals surface area contributed by atoms with Crippen molar-refractivity contribution in [3.05, 3.63) is 29.8 Å². The molecule has 15 heavy (non-hydrogen) atoms. The van der Waals surface area contributed by atoms with Gasteiger partial charge in [0, 0.05) is 11.0 Å². The number of methoxy groups -OCH3 is 1. The van der Waals surface area contributed by atoms with Crippen molar-refractivity contribution in [1.29, 1.82) is 0 Å². The summed E-state index contributed by atoms with van der Waals surface area (Å²) in [6.45, 7) is 3.32. The second-order valence-corrected chi connectivity index (χ2v) is 4.75. The molecule has 0 atom stereocenters. The number of hydrogen-bond acceptors (Lipinski definition) is 1. The third-order valence-corrected chi connectivity index (χ3v) is 3.51. The molecule has 0 bridgehead atoms. The number of para-hydroxylation sites is 1. The molecule has 1 aliphatic carbocycles. The van der Waals surface area contributed by atoms with Crippen LogP contribution in [0.25, 0.3) is 0 Å². The molecule has 1 nitrogen and oxygen atoms in total. The molecule has 1 aromatic carbocycles. The summed E-state index contributed by atoms with van der Waals surface area (Å²) in [6, 6.07) is 7.75. The fourth-order valence-corrected chi connectivity index (χ4v) is 2.35. The fraction of sp³-hybridized carbons (Fsp3) is 0.538. The lowest BCUT2D eigenvalue weighted by Crippen LogP contribution is -2.31. The van der Waals surface area contributed by atoms with E-state index in [4.69, 9.17) is 4.74 Å². The SMILES string of the molecule is COc1ccccc1C1(C(C)(C)F)CC1. The van der Waals surface area contributed by atoms with Crippen LogP contribution >= 0.6 is 0 Å². The van der Waals surface area contributed by atoms with Gasteiger partial charge in [-0.3, -0.25) is 0 Å². The van der Waals surface area contributed by atoms with Gasteiger partial charge in [-0.25, -0.2) is 4.39 Å². The maximum absolute atomic E-state index is 14.2. The Kier molecular flexibility index (Phi) is 2.25. The Morgan fingerprint density at radius 1 is 1.27 bits per heavy atom. The van der Waals surface area contributed by atoms with E-state index < -0.39 is 5.67 Å². The van der Waals surface area contributed by atoms with E-state index in [2.05, 4.69) is 0 Å². The number of hydrogen-bond donors (Lipinski definition) is 0. The van der Waals surface area contributed by atoms with Crippen LogP contribution in [0.1, 0.15) is 32.3 Å². The van der Waals surface area contributed by atoms with Gasteiger partial charge in [0.2, 0.25) is 0 Å². The standard InChI is InChI=1S/C13H17FO/c1-12(2,14)13(8-9-13)10-6-4-5-7-11(10)15-3/h4-7H,8-9H2,1-3H3. The van der Waals surface area contributed by atoms with Gasteiger partial charge in [-0.1, -0.05) is 18.2 Å². The first-order valence-corrected chi connectivity index (χ1v) is 5.34. The Balaban J connectivity index is 2.46. The van der Waals surface area contributed by atoms with Crippen molar-refractivity contribution in [2.75, 3.05) is 7.11 Å². The number of halogens is 1. The number of benzene rings is 1. The van der Waals surface area contributed by atoms with Gasteiger partial charge in [0.15, 0.2) is 0 Å². The van der Waals surface area contributed by atoms with Crippen LogP contribution in [0, 0.1) is 0 Å². The average molecular weight is 208 g/mol. The zero-order chi connectivity index (χ0) is 11.1. The van der Waals surface area contributed by atoms with Gasteiger partial charge in [0.25, 0.3) is 0 Å². The summed E-state index contributed by atoms with van der Waals surface area (Å²) < 4.78 is 19.5. The van der Waals surface area contributed by atoms with Crippen LogP contribution in [0.5, 0.6) is 5.75 Å². The third-order valence-electron chi connectivity index (χ3n) is 3.51. The van der Waals surface area contributed by atoms with Crippen molar-refractivity contribution in [3.8, 4) is 5.75 Å². The molecule has 0 radical (unpaired) electrons. The zero-order valence-electron chi connectivity index (χ0n) is 9.51. The molecule has 82 valence electrons. The van der Waals surface area contributed by atoms with E-state index in [0.29, 0.717) is 0 Å². The van der Waals surface area contributed by atoms with Crippen molar-refractivity contribution in [3.63, 3.8) is 0 Å². The fourth-order valence-electron chi connectivity index (χ4n) is 2.35. The molecule has 2 heteroatoms. The maximum atomic E-state index is 14.2.